The van der Waals surface area contributed by atoms with E-state index >= 15 is 0 Å². The van der Waals surface area contributed by atoms with Gasteiger partial charge in [-0.3, -0.25) is 9.69 Å². The molecule has 1 aromatic rings. The lowest BCUT2D eigenvalue weighted by Gasteiger charge is -2.27. The minimum atomic E-state index is -0.967. The molecule has 0 bridgehead atoms. The molecule has 0 spiro atoms. The van der Waals surface area contributed by atoms with E-state index in [1.165, 1.54) is 12.1 Å². The van der Waals surface area contributed by atoms with Crippen LogP contribution in [0.15, 0.2) is 30.9 Å². The molecular formula is C13H16FNO3. The standard InChI is InChI=1S/C13H16FNO3/c1-3-6-15(8-13(17)18)9(2)11-5-4-10(14)7-12(11)16/h3-5,7,9,16H,1,6,8H2,2H3,(H,17,18). The number of benzene rings is 1. The van der Waals surface area contributed by atoms with Gasteiger partial charge in [-0.05, 0) is 13.0 Å². The van der Waals surface area contributed by atoms with Crippen molar-refractivity contribution in [3.63, 3.8) is 0 Å². The van der Waals surface area contributed by atoms with Crippen molar-refractivity contribution in [2.24, 2.45) is 0 Å². The second-order valence-corrected chi connectivity index (χ2v) is 3.99. The predicted octanol–water partition coefficient (Wildman–Crippen LogP) is 2.16. The highest BCUT2D eigenvalue weighted by Gasteiger charge is 2.20. The Balaban J connectivity index is 2.96. The number of phenols is 1. The number of rotatable bonds is 6. The number of nitrogens with zero attached hydrogens (tertiary/aromatic N) is 1. The van der Waals surface area contributed by atoms with Crippen LogP contribution in [0.1, 0.15) is 18.5 Å². The summed E-state index contributed by atoms with van der Waals surface area (Å²) in [5, 5.41) is 18.5. The van der Waals surface area contributed by atoms with Crippen LogP contribution in [0.25, 0.3) is 0 Å². The topological polar surface area (TPSA) is 60.8 Å². The van der Waals surface area contributed by atoms with Gasteiger partial charge in [-0.15, -0.1) is 6.58 Å². The summed E-state index contributed by atoms with van der Waals surface area (Å²) in [6, 6.07) is 3.35. The first-order valence-electron chi connectivity index (χ1n) is 5.51. The lowest BCUT2D eigenvalue weighted by molar-refractivity contribution is -0.138. The molecule has 0 saturated heterocycles. The molecular weight excluding hydrogens is 237 g/mol. The van der Waals surface area contributed by atoms with E-state index in [1.54, 1.807) is 17.9 Å². The van der Waals surface area contributed by atoms with E-state index in [2.05, 4.69) is 6.58 Å². The monoisotopic (exact) mass is 253 g/mol. The third-order valence-electron chi connectivity index (χ3n) is 2.69. The number of carboxylic acid groups (broad SMARTS) is 1. The Morgan fingerprint density at radius 3 is 2.78 bits per heavy atom. The highest BCUT2D eigenvalue weighted by molar-refractivity contribution is 5.69. The van der Waals surface area contributed by atoms with Crippen molar-refractivity contribution in [3.8, 4) is 5.75 Å². The first-order valence-corrected chi connectivity index (χ1v) is 5.51. The zero-order chi connectivity index (χ0) is 13.7. The Hall–Kier alpha value is -1.88. The summed E-state index contributed by atoms with van der Waals surface area (Å²) >= 11 is 0. The fourth-order valence-electron chi connectivity index (χ4n) is 1.77. The minimum absolute atomic E-state index is 0.177. The van der Waals surface area contributed by atoms with Gasteiger partial charge in [0.05, 0.1) is 6.54 Å². The van der Waals surface area contributed by atoms with E-state index in [1.807, 2.05) is 0 Å². The zero-order valence-corrected chi connectivity index (χ0v) is 10.1. The molecule has 2 N–H and O–H groups in total. The lowest BCUT2D eigenvalue weighted by Crippen LogP contribution is -2.32. The van der Waals surface area contributed by atoms with Crippen LogP contribution in [0, 0.1) is 5.82 Å². The number of hydrogen-bond acceptors (Lipinski definition) is 3. The molecule has 0 saturated carbocycles. The summed E-state index contributed by atoms with van der Waals surface area (Å²) < 4.78 is 12.9. The SMILES string of the molecule is C=CCN(CC(=O)O)C(C)c1ccc(F)cc1O. The van der Waals surface area contributed by atoms with Crippen molar-refractivity contribution in [3.05, 3.63) is 42.2 Å². The van der Waals surface area contributed by atoms with Crippen molar-refractivity contribution in [2.75, 3.05) is 13.1 Å². The normalized spacial score (nSPS) is 12.4. The van der Waals surface area contributed by atoms with E-state index in [-0.39, 0.29) is 18.3 Å². The van der Waals surface area contributed by atoms with Gasteiger partial charge in [0.15, 0.2) is 0 Å². The van der Waals surface area contributed by atoms with Crippen molar-refractivity contribution in [1.82, 2.24) is 4.90 Å². The fourth-order valence-corrected chi connectivity index (χ4v) is 1.77. The van der Waals surface area contributed by atoms with Crippen LogP contribution in [-0.2, 0) is 4.79 Å². The summed E-state index contributed by atoms with van der Waals surface area (Å²) in [5.41, 5.74) is 0.486. The van der Waals surface area contributed by atoms with Crippen molar-refractivity contribution >= 4 is 5.97 Å². The summed E-state index contributed by atoms with van der Waals surface area (Å²) in [6.07, 6.45) is 1.58. The quantitative estimate of drug-likeness (QED) is 0.763. The third kappa shape index (κ3) is 3.56. The van der Waals surface area contributed by atoms with Gasteiger partial charge in [-0.25, -0.2) is 4.39 Å². The summed E-state index contributed by atoms with van der Waals surface area (Å²) in [4.78, 5) is 12.4. The van der Waals surface area contributed by atoms with Crippen molar-refractivity contribution in [1.29, 1.82) is 0 Å². The summed E-state index contributed by atoms with van der Waals surface area (Å²) in [7, 11) is 0. The molecule has 0 aliphatic rings. The van der Waals surface area contributed by atoms with Crippen LogP contribution in [0.3, 0.4) is 0 Å². The molecule has 18 heavy (non-hydrogen) atoms. The molecule has 0 aromatic heterocycles. The molecule has 0 radical (unpaired) electrons. The van der Waals surface area contributed by atoms with Crippen molar-refractivity contribution < 1.29 is 19.4 Å². The Kier molecular flexibility index (Phi) is 4.85. The van der Waals surface area contributed by atoms with Gasteiger partial charge < -0.3 is 10.2 Å². The average Bonchev–Trinajstić information content (AvgIpc) is 2.27. The van der Waals surface area contributed by atoms with Gasteiger partial charge in [0, 0.05) is 24.2 Å². The maximum atomic E-state index is 12.9. The molecule has 1 aromatic carbocycles. The summed E-state index contributed by atoms with van der Waals surface area (Å²) in [5.74, 6) is -1.68. The average molecular weight is 253 g/mol. The van der Waals surface area contributed by atoms with Gasteiger partial charge in [0.2, 0.25) is 0 Å². The second-order valence-electron chi connectivity index (χ2n) is 3.99. The van der Waals surface area contributed by atoms with E-state index < -0.39 is 11.8 Å². The van der Waals surface area contributed by atoms with Gasteiger partial charge in [0.1, 0.15) is 11.6 Å². The summed E-state index contributed by atoms with van der Waals surface area (Å²) in [6.45, 7) is 5.50. The zero-order valence-electron chi connectivity index (χ0n) is 10.1. The number of carboxylic acids is 1. The van der Waals surface area contributed by atoms with Crippen LogP contribution >= 0.6 is 0 Å². The highest BCUT2D eigenvalue weighted by atomic mass is 19.1. The van der Waals surface area contributed by atoms with E-state index in [9.17, 15) is 14.3 Å². The predicted molar refractivity (Wildman–Crippen MR) is 65.9 cm³/mol. The smallest absolute Gasteiger partial charge is 0.317 e. The second kappa shape index (κ2) is 6.16. The Morgan fingerprint density at radius 1 is 1.61 bits per heavy atom. The molecule has 98 valence electrons. The number of carbonyl (C=O) groups is 1. The molecule has 5 heteroatoms. The maximum absolute atomic E-state index is 12.9. The minimum Gasteiger partial charge on any atom is -0.508 e. The third-order valence-corrected chi connectivity index (χ3v) is 2.69. The van der Waals surface area contributed by atoms with E-state index in [4.69, 9.17) is 5.11 Å². The van der Waals surface area contributed by atoms with Gasteiger partial charge in [0.25, 0.3) is 0 Å². The highest BCUT2D eigenvalue weighted by Crippen LogP contribution is 2.28. The Morgan fingerprint density at radius 2 is 2.28 bits per heavy atom. The molecule has 0 aliphatic carbocycles. The van der Waals surface area contributed by atoms with Gasteiger partial charge in [-0.2, -0.15) is 0 Å². The molecule has 0 fully saturated rings. The molecule has 0 amide bonds. The Bertz CT molecular complexity index is 448. The Labute approximate surface area is 105 Å². The largest absolute Gasteiger partial charge is 0.508 e. The van der Waals surface area contributed by atoms with E-state index in [0.717, 1.165) is 6.07 Å². The van der Waals surface area contributed by atoms with Gasteiger partial charge >= 0.3 is 5.97 Å². The molecule has 4 nitrogen and oxygen atoms in total. The maximum Gasteiger partial charge on any atom is 0.317 e. The number of aliphatic carboxylic acids is 1. The molecule has 1 rings (SSSR count). The number of phenolic OH excluding ortho intramolecular Hbond substituents is 1. The molecule has 1 unspecified atom stereocenters. The number of aromatic hydroxyl groups is 1. The van der Waals surface area contributed by atoms with Crippen LogP contribution in [-0.4, -0.2) is 34.2 Å². The first kappa shape index (κ1) is 14.2. The number of halogens is 1. The van der Waals surface area contributed by atoms with Crippen molar-refractivity contribution in [2.45, 2.75) is 13.0 Å². The van der Waals surface area contributed by atoms with Crippen LogP contribution in [0.5, 0.6) is 5.75 Å². The van der Waals surface area contributed by atoms with Gasteiger partial charge in [-0.1, -0.05) is 12.1 Å². The lowest BCUT2D eigenvalue weighted by atomic mass is 10.1. The van der Waals surface area contributed by atoms with Crippen LogP contribution in [0.4, 0.5) is 4.39 Å². The molecule has 1 atom stereocenters. The fraction of sp³-hybridized carbons (Fsp3) is 0.308. The molecule has 0 aliphatic heterocycles. The number of hydrogen-bond donors (Lipinski definition) is 2. The van der Waals surface area contributed by atoms with Crippen LogP contribution < -0.4 is 0 Å². The van der Waals surface area contributed by atoms with Crippen LogP contribution in [0.2, 0.25) is 0 Å². The molecule has 0 heterocycles. The first-order chi connectivity index (χ1) is 8.45. The van der Waals surface area contributed by atoms with E-state index in [0.29, 0.717) is 12.1 Å².